The van der Waals surface area contributed by atoms with Gasteiger partial charge >= 0.3 is 0 Å². The lowest BCUT2D eigenvalue weighted by molar-refractivity contribution is 0.316. The first-order valence-corrected chi connectivity index (χ1v) is 7.37. The van der Waals surface area contributed by atoms with Gasteiger partial charge in [-0.05, 0) is 55.7 Å². The molecule has 0 amide bonds. The van der Waals surface area contributed by atoms with Crippen molar-refractivity contribution in [2.24, 2.45) is 11.7 Å². The predicted molar refractivity (Wildman–Crippen MR) is 76.9 cm³/mol. The van der Waals surface area contributed by atoms with E-state index >= 15 is 0 Å². The Labute approximate surface area is 110 Å². The number of anilines is 1. The Morgan fingerprint density at radius 1 is 1.33 bits per heavy atom. The quantitative estimate of drug-likeness (QED) is 0.884. The van der Waals surface area contributed by atoms with Gasteiger partial charge in [0, 0.05) is 24.8 Å². The number of nitrogens with two attached hydrogens (primary N) is 1. The molecule has 0 aromatic heterocycles. The van der Waals surface area contributed by atoms with E-state index in [0.717, 1.165) is 5.92 Å². The lowest BCUT2D eigenvalue weighted by Gasteiger charge is -2.37. The summed E-state index contributed by atoms with van der Waals surface area (Å²) in [7, 11) is 0. The number of aryl methyl sites for hydroxylation is 1. The number of benzene rings is 1. The molecule has 0 bridgehead atoms. The summed E-state index contributed by atoms with van der Waals surface area (Å²) in [5, 5.41) is 0. The zero-order chi connectivity index (χ0) is 12.5. The van der Waals surface area contributed by atoms with Crippen LogP contribution >= 0.6 is 0 Å². The summed E-state index contributed by atoms with van der Waals surface area (Å²) in [6.07, 6.45) is 6.82. The molecular formula is C16H24N2. The highest BCUT2D eigenvalue weighted by Gasteiger charge is 2.24. The van der Waals surface area contributed by atoms with Crippen LogP contribution in [0.4, 0.5) is 5.69 Å². The molecule has 1 heterocycles. The molecular weight excluding hydrogens is 220 g/mol. The van der Waals surface area contributed by atoms with Crippen LogP contribution in [0.25, 0.3) is 0 Å². The summed E-state index contributed by atoms with van der Waals surface area (Å²) in [5.41, 5.74) is 10.2. The smallest absolute Gasteiger partial charge is 0.0399 e. The van der Waals surface area contributed by atoms with E-state index in [9.17, 15) is 0 Å². The maximum Gasteiger partial charge on any atom is 0.0399 e. The molecule has 0 saturated heterocycles. The highest BCUT2D eigenvalue weighted by atomic mass is 15.1. The Morgan fingerprint density at radius 3 is 2.83 bits per heavy atom. The van der Waals surface area contributed by atoms with Crippen LogP contribution < -0.4 is 10.6 Å². The molecule has 1 aromatic carbocycles. The maximum absolute atomic E-state index is 5.98. The van der Waals surface area contributed by atoms with Crippen molar-refractivity contribution in [3.8, 4) is 0 Å². The van der Waals surface area contributed by atoms with E-state index in [-0.39, 0.29) is 6.04 Å². The van der Waals surface area contributed by atoms with E-state index in [2.05, 4.69) is 30.0 Å². The van der Waals surface area contributed by atoms with Gasteiger partial charge in [0.1, 0.15) is 0 Å². The highest BCUT2D eigenvalue weighted by molar-refractivity contribution is 5.57. The van der Waals surface area contributed by atoms with Gasteiger partial charge < -0.3 is 10.6 Å². The molecule has 1 aliphatic carbocycles. The topological polar surface area (TPSA) is 29.3 Å². The fraction of sp³-hybridized carbons (Fsp3) is 0.625. The molecule has 2 nitrogen and oxygen atoms in total. The Balaban J connectivity index is 1.81. The van der Waals surface area contributed by atoms with Gasteiger partial charge in [-0.2, -0.15) is 0 Å². The SMILES string of the molecule is CC(N)c1ccc2c(c1)CCCN2CC1CCC1. The molecule has 1 aromatic rings. The first-order valence-electron chi connectivity index (χ1n) is 7.37. The second-order valence-corrected chi connectivity index (χ2v) is 6.02. The van der Waals surface area contributed by atoms with E-state index in [1.54, 1.807) is 0 Å². The van der Waals surface area contributed by atoms with Crippen LogP contribution in [-0.2, 0) is 6.42 Å². The Bertz CT molecular complexity index is 421. The van der Waals surface area contributed by atoms with Crippen LogP contribution in [0, 0.1) is 5.92 Å². The predicted octanol–water partition coefficient (Wildman–Crippen LogP) is 3.26. The standard InChI is InChI=1S/C16H24N2/c1-12(17)14-7-8-16-15(10-14)6-3-9-18(16)11-13-4-2-5-13/h7-8,10,12-13H,2-6,9,11,17H2,1H3. The molecule has 1 aliphatic heterocycles. The van der Waals surface area contributed by atoms with Crippen molar-refractivity contribution in [2.45, 2.75) is 45.1 Å². The Kier molecular flexibility index (Phi) is 3.29. The molecule has 1 atom stereocenters. The molecule has 1 fully saturated rings. The Hall–Kier alpha value is -1.02. The summed E-state index contributed by atoms with van der Waals surface area (Å²) < 4.78 is 0. The van der Waals surface area contributed by atoms with Crippen molar-refractivity contribution in [1.82, 2.24) is 0 Å². The summed E-state index contributed by atoms with van der Waals surface area (Å²) in [5.74, 6) is 0.948. The fourth-order valence-electron chi connectivity index (χ4n) is 3.15. The van der Waals surface area contributed by atoms with Gasteiger partial charge in [-0.25, -0.2) is 0 Å². The van der Waals surface area contributed by atoms with E-state index in [1.165, 1.54) is 62.0 Å². The minimum Gasteiger partial charge on any atom is -0.371 e. The number of hydrogen-bond donors (Lipinski definition) is 1. The van der Waals surface area contributed by atoms with Crippen LogP contribution in [0.2, 0.25) is 0 Å². The lowest BCUT2D eigenvalue weighted by Crippen LogP contribution is -2.36. The van der Waals surface area contributed by atoms with Crippen molar-refractivity contribution in [3.05, 3.63) is 29.3 Å². The van der Waals surface area contributed by atoms with E-state index < -0.39 is 0 Å². The van der Waals surface area contributed by atoms with E-state index in [4.69, 9.17) is 5.73 Å². The zero-order valence-electron chi connectivity index (χ0n) is 11.4. The minimum atomic E-state index is 0.150. The molecule has 1 saturated carbocycles. The number of hydrogen-bond acceptors (Lipinski definition) is 2. The average Bonchev–Trinajstić information content (AvgIpc) is 2.33. The first-order chi connectivity index (χ1) is 8.74. The summed E-state index contributed by atoms with van der Waals surface area (Å²) in [6.45, 7) is 4.57. The van der Waals surface area contributed by atoms with Gasteiger partial charge in [-0.1, -0.05) is 18.6 Å². The molecule has 2 aliphatic rings. The van der Waals surface area contributed by atoms with Gasteiger partial charge in [0.25, 0.3) is 0 Å². The van der Waals surface area contributed by atoms with Crippen molar-refractivity contribution in [2.75, 3.05) is 18.0 Å². The first kappa shape index (κ1) is 12.0. The summed E-state index contributed by atoms with van der Waals surface area (Å²) >= 11 is 0. The molecule has 1 unspecified atom stereocenters. The molecule has 0 radical (unpaired) electrons. The van der Waals surface area contributed by atoms with E-state index in [1.807, 2.05) is 0 Å². The third-order valence-electron chi connectivity index (χ3n) is 4.55. The third kappa shape index (κ3) is 2.26. The van der Waals surface area contributed by atoms with Crippen molar-refractivity contribution in [1.29, 1.82) is 0 Å². The average molecular weight is 244 g/mol. The molecule has 0 spiro atoms. The normalized spacial score (nSPS) is 21.3. The molecule has 98 valence electrons. The van der Waals surface area contributed by atoms with Gasteiger partial charge in [0.2, 0.25) is 0 Å². The van der Waals surface area contributed by atoms with Crippen LogP contribution in [0.1, 0.15) is 49.8 Å². The van der Waals surface area contributed by atoms with Gasteiger partial charge in [-0.3, -0.25) is 0 Å². The lowest BCUT2D eigenvalue weighted by atomic mass is 9.84. The second-order valence-electron chi connectivity index (χ2n) is 6.02. The Morgan fingerprint density at radius 2 is 2.17 bits per heavy atom. The summed E-state index contributed by atoms with van der Waals surface area (Å²) in [6, 6.07) is 6.98. The van der Waals surface area contributed by atoms with Crippen molar-refractivity contribution >= 4 is 5.69 Å². The van der Waals surface area contributed by atoms with Gasteiger partial charge in [-0.15, -0.1) is 0 Å². The number of nitrogens with zero attached hydrogens (tertiary/aromatic N) is 1. The van der Waals surface area contributed by atoms with Crippen molar-refractivity contribution < 1.29 is 0 Å². The fourth-order valence-corrected chi connectivity index (χ4v) is 3.15. The molecule has 2 N–H and O–H groups in total. The maximum atomic E-state index is 5.98. The number of rotatable bonds is 3. The van der Waals surface area contributed by atoms with Crippen molar-refractivity contribution in [3.63, 3.8) is 0 Å². The van der Waals surface area contributed by atoms with Crippen LogP contribution in [0.5, 0.6) is 0 Å². The monoisotopic (exact) mass is 244 g/mol. The van der Waals surface area contributed by atoms with Crippen LogP contribution in [-0.4, -0.2) is 13.1 Å². The highest BCUT2D eigenvalue weighted by Crippen LogP contribution is 2.33. The van der Waals surface area contributed by atoms with Gasteiger partial charge in [0.05, 0.1) is 0 Å². The minimum absolute atomic E-state index is 0.150. The molecule has 3 rings (SSSR count). The van der Waals surface area contributed by atoms with Gasteiger partial charge in [0.15, 0.2) is 0 Å². The molecule has 18 heavy (non-hydrogen) atoms. The van der Waals surface area contributed by atoms with E-state index in [0.29, 0.717) is 0 Å². The van der Waals surface area contributed by atoms with Crippen LogP contribution in [0.15, 0.2) is 18.2 Å². The largest absolute Gasteiger partial charge is 0.371 e. The van der Waals surface area contributed by atoms with Crippen LogP contribution in [0.3, 0.4) is 0 Å². The third-order valence-corrected chi connectivity index (χ3v) is 4.55. The number of fused-ring (bicyclic) bond motifs is 1. The second kappa shape index (κ2) is 4.93. The summed E-state index contributed by atoms with van der Waals surface area (Å²) in [4.78, 5) is 2.60. The zero-order valence-corrected chi connectivity index (χ0v) is 11.4. The molecule has 2 heteroatoms.